The van der Waals surface area contributed by atoms with Gasteiger partial charge < -0.3 is 16.4 Å². The third kappa shape index (κ3) is 5.92. The van der Waals surface area contributed by atoms with Crippen LogP contribution >= 0.6 is 0 Å². The normalized spacial score (nSPS) is 21.8. The van der Waals surface area contributed by atoms with E-state index >= 15 is 0 Å². The summed E-state index contributed by atoms with van der Waals surface area (Å²) in [6, 6.07) is -0.646. The van der Waals surface area contributed by atoms with Crippen molar-refractivity contribution >= 4 is 11.8 Å². The first-order chi connectivity index (χ1) is 10.2. The quantitative estimate of drug-likeness (QED) is 0.704. The van der Waals surface area contributed by atoms with Gasteiger partial charge in [-0.25, -0.2) is 0 Å². The van der Waals surface area contributed by atoms with E-state index in [1.165, 1.54) is 0 Å². The standard InChI is InChI=1S/C15H25N3O2.C2H6/c1-6-17-8-9(2)10-7-11(10)14(20)18-12(13(16)19)15(3,4)5;1-2/h6,8,10-12,17H,1,7H2,2-5H3,(H2,16,19)(H,18,20);1-2H3/b9-8+;/t10?,11-,12?;/m0./s1. The van der Waals surface area contributed by atoms with E-state index in [2.05, 4.69) is 17.2 Å². The number of hydrogen-bond acceptors (Lipinski definition) is 3. The van der Waals surface area contributed by atoms with Gasteiger partial charge in [-0.2, -0.15) is 0 Å². The zero-order valence-electron chi connectivity index (χ0n) is 14.7. The van der Waals surface area contributed by atoms with Crippen LogP contribution in [0.2, 0.25) is 0 Å². The van der Waals surface area contributed by atoms with Crippen molar-refractivity contribution < 1.29 is 9.59 Å². The molecule has 0 aromatic heterocycles. The molecule has 5 heteroatoms. The number of amides is 2. The smallest absolute Gasteiger partial charge is 0.240 e. The van der Waals surface area contributed by atoms with Crippen molar-refractivity contribution in [2.24, 2.45) is 23.0 Å². The zero-order valence-corrected chi connectivity index (χ0v) is 14.7. The lowest BCUT2D eigenvalue weighted by Crippen LogP contribution is -2.52. The van der Waals surface area contributed by atoms with Crippen molar-refractivity contribution in [1.82, 2.24) is 10.6 Å². The summed E-state index contributed by atoms with van der Waals surface area (Å²) in [4.78, 5) is 23.6. The molecule has 0 saturated heterocycles. The highest BCUT2D eigenvalue weighted by atomic mass is 16.2. The molecule has 0 bridgehead atoms. The molecule has 1 fully saturated rings. The van der Waals surface area contributed by atoms with Gasteiger partial charge in [0, 0.05) is 5.92 Å². The Morgan fingerprint density at radius 1 is 1.27 bits per heavy atom. The van der Waals surface area contributed by atoms with Crippen LogP contribution in [0.1, 0.15) is 48.0 Å². The largest absolute Gasteiger partial charge is 0.368 e. The molecule has 4 N–H and O–H groups in total. The van der Waals surface area contributed by atoms with Crippen molar-refractivity contribution in [3.05, 3.63) is 24.6 Å². The van der Waals surface area contributed by atoms with Gasteiger partial charge in [-0.3, -0.25) is 9.59 Å². The van der Waals surface area contributed by atoms with Gasteiger partial charge in [0.05, 0.1) is 0 Å². The lowest BCUT2D eigenvalue weighted by atomic mass is 9.86. The second-order valence-electron chi connectivity index (χ2n) is 6.42. The predicted octanol–water partition coefficient (Wildman–Crippen LogP) is 2.30. The first kappa shape index (κ1) is 20.2. The summed E-state index contributed by atoms with van der Waals surface area (Å²) in [5.74, 6) is -0.429. The Kier molecular flexibility index (Phi) is 7.91. The highest BCUT2D eigenvalue weighted by Crippen LogP contribution is 2.44. The lowest BCUT2D eigenvalue weighted by Gasteiger charge is -2.28. The van der Waals surface area contributed by atoms with Crippen LogP contribution in [-0.2, 0) is 9.59 Å². The van der Waals surface area contributed by atoms with Gasteiger partial charge in [0.25, 0.3) is 0 Å². The van der Waals surface area contributed by atoms with E-state index in [-0.39, 0.29) is 23.2 Å². The van der Waals surface area contributed by atoms with Crippen LogP contribution in [0.5, 0.6) is 0 Å². The van der Waals surface area contributed by atoms with Crippen molar-refractivity contribution in [2.75, 3.05) is 0 Å². The number of nitrogens with two attached hydrogens (primary N) is 1. The van der Waals surface area contributed by atoms with Crippen molar-refractivity contribution in [3.8, 4) is 0 Å². The summed E-state index contributed by atoms with van der Waals surface area (Å²) in [5, 5.41) is 5.69. The van der Waals surface area contributed by atoms with E-state index in [1.807, 2.05) is 47.7 Å². The van der Waals surface area contributed by atoms with Gasteiger partial charge in [0.2, 0.25) is 11.8 Å². The molecule has 126 valence electrons. The van der Waals surface area contributed by atoms with E-state index in [1.54, 1.807) is 6.20 Å². The Hall–Kier alpha value is -1.78. The average molecular weight is 309 g/mol. The summed E-state index contributed by atoms with van der Waals surface area (Å²) >= 11 is 0. The Labute approximate surface area is 134 Å². The minimum absolute atomic E-state index is 0.0675. The summed E-state index contributed by atoms with van der Waals surface area (Å²) < 4.78 is 0. The molecular weight excluding hydrogens is 278 g/mol. The molecule has 0 aromatic carbocycles. The fourth-order valence-corrected chi connectivity index (χ4v) is 2.25. The molecule has 0 radical (unpaired) electrons. The average Bonchev–Trinajstić information content (AvgIpc) is 3.23. The third-order valence-corrected chi connectivity index (χ3v) is 3.58. The number of nitrogens with one attached hydrogen (secondary N) is 2. The minimum Gasteiger partial charge on any atom is -0.368 e. The van der Waals surface area contributed by atoms with E-state index in [0.717, 1.165) is 12.0 Å². The van der Waals surface area contributed by atoms with Gasteiger partial charge in [0.15, 0.2) is 0 Å². The number of rotatable bonds is 6. The minimum atomic E-state index is -0.646. The highest BCUT2D eigenvalue weighted by Gasteiger charge is 2.45. The molecule has 0 spiro atoms. The molecule has 1 rings (SSSR count). The molecule has 1 aliphatic rings. The first-order valence-corrected chi connectivity index (χ1v) is 7.81. The SMILES string of the molecule is C=CN/C=C(\C)C1C[C@@H]1C(=O)NC(C(N)=O)C(C)(C)C.CC. The molecule has 2 unspecified atom stereocenters. The van der Waals surface area contributed by atoms with Gasteiger partial charge in [-0.1, -0.05) is 46.8 Å². The fraction of sp³-hybridized carbons (Fsp3) is 0.647. The van der Waals surface area contributed by atoms with Crippen molar-refractivity contribution in [2.45, 2.75) is 54.0 Å². The summed E-state index contributed by atoms with van der Waals surface area (Å²) in [6.07, 6.45) is 4.24. The number of hydrogen-bond donors (Lipinski definition) is 3. The molecule has 22 heavy (non-hydrogen) atoms. The molecule has 5 nitrogen and oxygen atoms in total. The number of carbonyl (C=O) groups is 2. The van der Waals surface area contributed by atoms with Crippen LogP contribution < -0.4 is 16.4 Å². The topological polar surface area (TPSA) is 84.2 Å². The van der Waals surface area contributed by atoms with Crippen LogP contribution in [-0.4, -0.2) is 17.9 Å². The van der Waals surface area contributed by atoms with E-state index < -0.39 is 11.9 Å². The lowest BCUT2D eigenvalue weighted by molar-refractivity contribution is -0.130. The molecule has 1 saturated carbocycles. The van der Waals surface area contributed by atoms with Gasteiger partial charge >= 0.3 is 0 Å². The Morgan fingerprint density at radius 3 is 2.23 bits per heavy atom. The third-order valence-electron chi connectivity index (χ3n) is 3.58. The maximum absolute atomic E-state index is 12.2. The number of primary amides is 1. The maximum atomic E-state index is 12.2. The summed E-state index contributed by atoms with van der Waals surface area (Å²) in [7, 11) is 0. The first-order valence-electron chi connectivity index (χ1n) is 7.81. The van der Waals surface area contributed by atoms with Crippen molar-refractivity contribution in [3.63, 3.8) is 0 Å². The molecule has 3 atom stereocenters. The monoisotopic (exact) mass is 309 g/mol. The fourth-order valence-electron chi connectivity index (χ4n) is 2.25. The Morgan fingerprint density at radius 2 is 1.82 bits per heavy atom. The van der Waals surface area contributed by atoms with Crippen LogP contribution in [0.25, 0.3) is 0 Å². The van der Waals surface area contributed by atoms with E-state index in [4.69, 9.17) is 5.73 Å². The Bertz CT molecular complexity index is 436. The van der Waals surface area contributed by atoms with Gasteiger partial charge in [0.1, 0.15) is 6.04 Å². The second kappa shape index (κ2) is 8.61. The number of carbonyl (C=O) groups excluding carboxylic acids is 2. The highest BCUT2D eigenvalue weighted by molar-refractivity contribution is 5.89. The van der Waals surface area contributed by atoms with Gasteiger partial charge in [-0.05, 0) is 37.1 Å². The summed E-state index contributed by atoms with van der Waals surface area (Å²) in [5.41, 5.74) is 6.09. The molecule has 0 aromatic rings. The van der Waals surface area contributed by atoms with Crippen LogP contribution in [0, 0.1) is 17.3 Å². The molecule has 0 heterocycles. The molecule has 0 aliphatic heterocycles. The number of allylic oxidation sites excluding steroid dienone is 1. The second-order valence-corrected chi connectivity index (χ2v) is 6.42. The van der Waals surface area contributed by atoms with Gasteiger partial charge in [-0.15, -0.1) is 0 Å². The molecular formula is C17H31N3O2. The van der Waals surface area contributed by atoms with E-state index in [0.29, 0.717) is 0 Å². The van der Waals surface area contributed by atoms with Crippen LogP contribution in [0.4, 0.5) is 0 Å². The molecule has 2 amide bonds. The zero-order chi connectivity index (χ0) is 17.5. The van der Waals surface area contributed by atoms with Crippen LogP contribution in [0.15, 0.2) is 24.6 Å². The summed E-state index contributed by atoms with van der Waals surface area (Å²) in [6.45, 7) is 15.2. The molecule has 1 aliphatic carbocycles. The van der Waals surface area contributed by atoms with Crippen LogP contribution in [0.3, 0.4) is 0 Å². The van der Waals surface area contributed by atoms with Crippen molar-refractivity contribution in [1.29, 1.82) is 0 Å². The predicted molar refractivity (Wildman–Crippen MR) is 90.6 cm³/mol. The Balaban J connectivity index is 0.00000211. The maximum Gasteiger partial charge on any atom is 0.240 e. The van der Waals surface area contributed by atoms with E-state index in [9.17, 15) is 9.59 Å².